The Morgan fingerprint density at radius 2 is 1.80 bits per heavy atom. The van der Waals surface area contributed by atoms with E-state index < -0.39 is 22.0 Å². The minimum Gasteiger partial charge on any atom is -0.468 e. The Labute approximate surface area is 185 Å². The van der Waals surface area contributed by atoms with Crippen molar-refractivity contribution in [2.45, 2.75) is 24.3 Å². The molecule has 0 aliphatic rings. The summed E-state index contributed by atoms with van der Waals surface area (Å²) in [4.78, 5) is 13.9. The monoisotopic (exact) mass is 463 g/mol. The van der Waals surface area contributed by atoms with Crippen LogP contribution < -0.4 is 0 Å². The van der Waals surface area contributed by atoms with E-state index in [0.29, 0.717) is 17.0 Å². The van der Waals surface area contributed by atoms with Crippen molar-refractivity contribution in [3.63, 3.8) is 0 Å². The Kier molecular flexibility index (Phi) is 7.31. The highest BCUT2D eigenvalue weighted by Gasteiger charge is 2.38. The SMILES string of the molecule is COC(=O)[C@H](c1ccccc1Cl)N(CCc1cccs1)S(=O)(=O)c1ccc(C)cc1. The summed E-state index contributed by atoms with van der Waals surface area (Å²) in [7, 11) is -2.77. The predicted octanol–water partition coefficient (Wildman–Crippen LogP) is 4.86. The molecule has 0 saturated heterocycles. The number of methoxy groups -OCH3 is 1. The molecule has 3 aromatic rings. The van der Waals surface area contributed by atoms with E-state index in [0.717, 1.165) is 10.4 Å². The third kappa shape index (κ3) is 4.92. The standard InChI is InChI=1S/C22H22ClNO4S2/c1-16-9-11-18(12-10-16)30(26,27)24(14-13-17-6-5-15-29-17)21(22(25)28-2)19-7-3-4-8-20(19)23/h3-12,15,21H,13-14H2,1-2H3/t21-/m0/s1. The van der Waals surface area contributed by atoms with E-state index in [-0.39, 0.29) is 11.4 Å². The number of aryl methyl sites for hydroxylation is 1. The second-order valence-electron chi connectivity index (χ2n) is 6.71. The fourth-order valence-electron chi connectivity index (χ4n) is 3.12. The average molecular weight is 464 g/mol. The van der Waals surface area contributed by atoms with Crippen molar-refractivity contribution in [1.29, 1.82) is 0 Å². The fourth-order valence-corrected chi connectivity index (χ4v) is 5.61. The molecule has 0 aliphatic carbocycles. The summed E-state index contributed by atoms with van der Waals surface area (Å²) in [6, 6.07) is 15.9. The van der Waals surface area contributed by atoms with Crippen LogP contribution in [0.15, 0.2) is 70.9 Å². The smallest absolute Gasteiger partial charge is 0.328 e. The number of benzene rings is 2. The maximum atomic E-state index is 13.6. The second-order valence-corrected chi connectivity index (χ2v) is 10.0. The molecule has 0 fully saturated rings. The third-order valence-electron chi connectivity index (χ3n) is 4.70. The van der Waals surface area contributed by atoms with E-state index in [4.69, 9.17) is 16.3 Å². The number of thiophene rings is 1. The molecule has 0 saturated carbocycles. The van der Waals surface area contributed by atoms with Crippen LogP contribution in [0.1, 0.15) is 22.0 Å². The Morgan fingerprint density at radius 3 is 2.40 bits per heavy atom. The van der Waals surface area contributed by atoms with Gasteiger partial charge in [0.05, 0.1) is 12.0 Å². The molecule has 5 nitrogen and oxygen atoms in total. The number of sulfonamides is 1. The summed E-state index contributed by atoms with van der Waals surface area (Å²) < 4.78 is 33.4. The van der Waals surface area contributed by atoms with E-state index in [1.807, 2.05) is 24.4 Å². The van der Waals surface area contributed by atoms with Crippen molar-refractivity contribution < 1.29 is 17.9 Å². The van der Waals surface area contributed by atoms with Crippen molar-refractivity contribution in [2.24, 2.45) is 0 Å². The van der Waals surface area contributed by atoms with Crippen molar-refractivity contribution >= 4 is 38.9 Å². The zero-order chi connectivity index (χ0) is 21.7. The van der Waals surface area contributed by atoms with Crippen LogP contribution in [-0.2, 0) is 26.0 Å². The first-order valence-corrected chi connectivity index (χ1v) is 12.0. The van der Waals surface area contributed by atoms with Crippen LogP contribution in [0.5, 0.6) is 0 Å². The summed E-state index contributed by atoms with van der Waals surface area (Å²) >= 11 is 7.89. The zero-order valence-corrected chi connectivity index (χ0v) is 19.0. The highest BCUT2D eigenvalue weighted by Crippen LogP contribution is 2.33. The molecule has 2 aromatic carbocycles. The minimum absolute atomic E-state index is 0.0989. The Bertz CT molecular complexity index is 1100. The van der Waals surface area contributed by atoms with Crippen molar-refractivity contribution in [1.82, 2.24) is 4.31 Å². The van der Waals surface area contributed by atoms with Gasteiger partial charge in [-0.1, -0.05) is 53.6 Å². The van der Waals surface area contributed by atoms with Crippen molar-refractivity contribution in [2.75, 3.05) is 13.7 Å². The van der Waals surface area contributed by atoms with Gasteiger partial charge in [-0.05, 0) is 43.0 Å². The van der Waals surface area contributed by atoms with Crippen LogP contribution in [-0.4, -0.2) is 32.3 Å². The molecule has 0 amide bonds. The molecular weight excluding hydrogens is 442 g/mol. The summed E-state index contributed by atoms with van der Waals surface area (Å²) in [6.45, 7) is 1.98. The highest BCUT2D eigenvalue weighted by molar-refractivity contribution is 7.89. The third-order valence-corrected chi connectivity index (χ3v) is 7.86. The molecule has 0 unspecified atom stereocenters. The van der Waals surface area contributed by atoms with Gasteiger partial charge in [0.15, 0.2) is 0 Å². The van der Waals surface area contributed by atoms with Crippen molar-refractivity contribution in [3.05, 3.63) is 87.1 Å². The molecule has 0 spiro atoms. The lowest BCUT2D eigenvalue weighted by Gasteiger charge is -2.30. The molecule has 0 radical (unpaired) electrons. The second kappa shape index (κ2) is 9.75. The highest BCUT2D eigenvalue weighted by atomic mass is 35.5. The first kappa shape index (κ1) is 22.5. The number of hydrogen-bond donors (Lipinski definition) is 0. The van der Waals surface area contributed by atoms with E-state index in [1.54, 1.807) is 48.5 Å². The van der Waals surface area contributed by atoms with E-state index in [9.17, 15) is 13.2 Å². The zero-order valence-electron chi connectivity index (χ0n) is 16.6. The number of carbonyl (C=O) groups excluding carboxylic acids is 1. The molecule has 0 N–H and O–H groups in total. The molecule has 158 valence electrons. The number of halogens is 1. The molecular formula is C22H22ClNO4S2. The van der Waals surface area contributed by atoms with Crippen LogP contribution in [0.25, 0.3) is 0 Å². The van der Waals surface area contributed by atoms with Gasteiger partial charge in [0.2, 0.25) is 10.0 Å². The van der Waals surface area contributed by atoms with Crippen LogP contribution in [0.4, 0.5) is 0 Å². The number of nitrogens with zero attached hydrogens (tertiary/aromatic N) is 1. The van der Waals surface area contributed by atoms with Gasteiger partial charge >= 0.3 is 5.97 Å². The molecule has 1 aromatic heterocycles. The van der Waals surface area contributed by atoms with Gasteiger partial charge in [-0.15, -0.1) is 11.3 Å². The topological polar surface area (TPSA) is 63.7 Å². The van der Waals surface area contributed by atoms with Gasteiger partial charge in [-0.2, -0.15) is 4.31 Å². The summed E-state index contributed by atoms with van der Waals surface area (Å²) in [6.07, 6.45) is 0.459. The Morgan fingerprint density at radius 1 is 1.10 bits per heavy atom. The van der Waals surface area contributed by atoms with Gasteiger partial charge in [0, 0.05) is 22.0 Å². The number of esters is 1. The molecule has 30 heavy (non-hydrogen) atoms. The van der Waals surface area contributed by atoms with Crippen LogP contribution in [0.2, 0.25) is 5.02 Å². The van der Waals surface area contributed by atoms with Gasteiger partial charge in [0.1, 0.15) is 6.04 Å². The predicted molar refractivity (Wildman–Crippen MR) is 119 cm³/mol. The van der Waals surface area contributed by atoms with Gasteiger partial charge in [-0.3, -0.25) is 0 Å². The summed E-state index contributed by atoms with van der Waals surface area (Å²) in [5.74, 6) is -0.690. The maximum Gasteiger partial charge on any atom is 0.328 e. The average Bonchev–Trinajstić information content (AvgIpc) is 3.25. The molecule has 0 aliphatic heterocycles. The van der Waals surface area contributed by atoms with Crippen LogP contribution in [0, 0.1) is 6.92 Å². The normalized spacial score (nSPS) is 12.7. The lowest BCUT2D eigenvalue weighted by Crippen LogP contribution is -2.41. The minimum atomic E-state index is -4.01. The number of ether oxygens (including phenoxy) is 1. The van der Waals surface area contributed by atoms with Gasteiger partial charge < -0.3 is 4.74 Å². The number of rotatable bonds is 8. The lowest BCUT2D eigenvalue weighted by molar-refractivity contribution is -0.145. The van der Waals surface area contributed by atoms with Gasteiger partial charge in [-0.25, -0.2) is 13.2 Å². The van der Waals surface area contributed by atoms with E-state index in [1.165, 1.54) is 22.8 Å². The largest absolute Gasteiger partial charge is 0.468 e. The Hall–Kier alpha value is -2.19. The molecule has 1 atom stereocenters. The molecule has 8 heteroatoms. The van der Waals surface area contributed by atoms with Crippen LogP contribution >= 0.6 is 22.9 Å². The quantitative estimate of drug-likeness (QED) is 0.447. The summed E-state index contributed by atoms with van der Waals surface area (Å²) in [5.41, 5.74) is 1.32. The fraction of sp³-hybridized carbons (Fsp3) is 0.227. The van der Waals surface area contributed by atoms with E-state index in [2.05, 4.69) is 0 Å². The molecule has 0 bridgehead atoms. The molecule has 3 rings (SSSR count). The van der Waals surface area contributed by atoms with Crippen molar-refractivity contribution in [3.8, 4) is 0 Å². The first-order chi connectivity index (χ1) is 14.3. The number of hydrogen-bond acceptors (Lipinski definition) is 5. The lowest BCUT2D eigenvalue weighted by atomic mass is 10.1. The summed E-state index contributed by atoms with van der Waals surface area (Å²) in [5, 5.41) is 2.23. The van der Waals surface area contributed by atoms with E-state index >= 15 is 0 Å². The number of carbonyl (C=O) groups is 1. The molecule has 1 heterocycles. The Balaban J connectivity index is 2.11. The first-order valence-electron chi connectivity index (χ1n) is 9.27. The van der Waals surface area contributed by atoms with Crippen LogP contribution in [0.3, 0.4) is 0 Å². The van der Waals surface area contributed by atoms with Gasteiger partial charge in [0.25, 0.3) is 0 Å². The maximum absolute atomic E-state index is 13.6.